The van der Waals surface area contributed by atoms with Crippen LogP contribution in [-0.2, 0) is 19.4 Å². The lowest BCUT2D eigenvalue weighted by molar-refractivity contribution is -0.0243. The second-order valence-electron chi connectivity index (χ2n) is 10.9. The zero-order valence-corrected chi connectivity index (χ0v) is 24.1. The van der Waals surface area contributed by atoms with Crippen LogP contribution in [0.3, 0.4) is 0 Å². The predicted molar refractivity (Wildman–Crippen MR) is 153 cm³/mol. The van der Waals surface area contributed by atoms with Gasteiger partial charge in [-0.25, -0.2) is 13.8 Å². The molecule has 220 valence electrons. The van der Waals surface area contributed by atoms with Gasteiger partial charge in [0.1, 0.15) is 6.29 Å². The number of nitrogens with zero attached hydrogens (tertiary/aromatic N) is 3. The van der Waals surface area contributed by atoms with Gasteiger partial charge in [0, 0.05) is 62.9 Å². The molecule has 3 heterocycles. The number of aromatic nitrogens is 1. The third-order valence-electron chi connectivity index (χ3n) is 7.77. The molecule has 0 radical (unpaired) electrons. The maximum absolute atomic E-state index is 12.9. The van der Waals surface area contributed by atoms with Crippen molar-refractivity contribution in [3.63, 3.8) is 0 Å². The molecule has 9 heteroatoms. The molecule has 0 bridgehead atoms. The molecule has 3 aliphatic rings. The van der Waals surface area contributed by atoms with Crippen LogP contribution in [0.2, 0.25) is 0 Å². The molecule has 2 aromatic rings. The number of amides is 1. The number of halogens is 2. The van der Waals surface area contributed by atoms with Gasteiger partial charge >= 0.3 is 0 Å². The number of fused-ring (bicyclic) bond motifs is 2. The summed E-state index contributed by atoms with van der Waals surface area (Å²) in [5, 5.41) is 0. The summed E-state index contributed by atoms with van der Waals surface area (Å²) >= 11 is 0. The van der Waals surface area contributed by atoms with Crippen LogP contribution in [0.5, 0.6) is 5.88 Å². The molecular weight excluding hydrogens is 514 g/mol. The number of pyridine rings is 1. The van der Waals surface area contributed by atoms with E-state index < -0.39 is 12.5 Å². The first kappa shape index (κ1) is 31.6. The molecule has 1 aliphatic carbocycles. The van der Waals surface area contributed by atoms with Crippen molar-refractivity contribution in [1.82, 2.24) is 14.8 Å². The van der Waals surface area contributed by atoms with Crippen molar-refractivity contribution in [1.29, 1.82) is 0 Å². The third-order valence-corrected chi connectivity index (χ3v) is 7.77. The summed E-state index contributed by atoms with van der Waals surface area (Å²) in [6, 6.07) is 8.95. The lowest BCUT2D eigenvalue weighted by Gasteiger charge is -2.26. The first-order valence-electron chi connectivity index (χ1n) is 14.4. The molecule has 40 heavy (non-hydrogen) atoms. The lowest BCUT2D eigenvalue weighted by atomic mass is 9.87. The average molecular weight is 559 g/mol. The van der Waals surface area contributed by atoms with E-state index in [4.69, 9.17) is 4.74 Å². The zero-order chi connectivity index (χ0) is 29.1. The zero-order valence-electron chi connectivity index (χ0n) is 24.1. The molecule has 1 aromatic carbocycles. The summed E-state index contributed by atoms with van der Waals surface area (Å²) in [5.74, 6) is -1.60. The third kappa shape index (κ3) is 9.06. The fraction of sp³-hybridized carbons (Fsp3) is 0.581. The number of rotatable bonds is 7. The van der Waals surface area contributed by atoms with E-state index in [0.717, 1.165) is 56.3 Å². The fourth-order valence-corrected chi connectivity index (χ4v) is 5.56. The van der Waals surface area contributed by atoms with E-state index in [1.54, 1.807) is 36.2 Å². The van der Waals surface area contributed by atoms with E-state index in [0.29, 0.717) is 23.6 Å². The van der Waals surface area contributed by atoms with Crippen molar-refractivity contribution >= 4 is 12.2 Å². The van der Waals surface area contributed by atoms with E-state index in [-0.39, 0.29) is 5.91 Å². The molecule has 0 saturated heterocycles. The Labute approximate surface area is 237 Å². The van der Waals surface area contributed by atoms with Crippen LogP contribution in [0.15, 0.2) is 30.3 Å². The van der Waals surface area contributed by atoms with Crippen molar-refractivity contribution in [3.05, 3.63) is 58.3 Å². The Morgan fingerprint density at radius 3 is 2.52 bits per heavy atom. The van der Waals surface area contributed by atoms with Gasteiger partial charge in [0.25, 0.3) is 11.8 Å². The fourth-order valence-electron chi connectivity index (χ4n) is 5.56. The number of carbonyl (C=O) groups is 2. The molecule has 0 unspecified atom stereocenters. The maximum atomic E-state index is 12.9. The minimum Gasteiger partial charge on any atom is -0.471 e. The Balaban J connectivity index is 0.000000246. The van der Waals surface area contributed by atoms with Gasteiger partial charge in [-0.05, 0) is 49.5 Å². The average Bonchev–Trinajstić information content (AvgIpc) is 3.12. The highest BCUT2D eigenvalue weighted by molar-refractivity contribution is 6.00. The molecule has 1 saturated carbocycles. The molecule has 1 fully saturated rings. The Kier molecular flexibility index (Phi) is 12.0. The van der Waals surface area contributed by atoms with Gasteiger partial charge in [-0.3, -0.25) is 9.59 Å². The van der Waals surface area contributed by atoms with Crippen LogP contribution in [0, 0.1) is 5.92 Å². The summed E-state index contributed by atoms with van der Waals surface area (Å²) in [6.07, 6.45) is 11.0. The second kappa shape index (κ2) is 15.2. The monoisotopic (exact) mass is 558 g/mol. The molecule has 0 spiro atoms. The normalized spacial score (nSPS) is 17.4. The lowest BCUT2D eigenvalue weighted by Crippen LogP contribution is -2.29. The number of alkyl halides is 2. The standard InChI is InChI=1S/C20H30F2N2O.C10H9NO2.CH5N/c1-20(21,22)15-25-19-8-7-17-10-13-24(14-11-18(17)23-19)12-9-16-5-3-2-4-6-16;1-11-5-9-7(6-12)3-2-4-8(9)10(11)13;1-2/h7-8,16H,2-6,9-15H2,1H3;2-4,6H,5H2,1H3;2H2,1H3. The topological polar surface area (TPSA) is 88.8 Å². The molecule has 1 aromatic heterocycles. The molecule has 0 atom stereocenters. The number of carbonyl (C=O) groups excluding carboxylic acids is 2. The second-order valence-corrected chi connectivity index (χ2v) is 10.9. The van der Waals surface area contributed by atoms with Crippen molar-refractivity contribution in [3.8, 4) is 5.88 Å². The highest BCUT2D eigenvalue weighted by Crippen LogP contribution is 2.27. The number of aldehydes is 1. The summed E-state index contributed by atoms with van der Waals surface area (Å²) in [6.45, 7) is 4.02. The van der Waals surface area contributed by atoms with Crippen LogP contribution in [0.25, 0.3) is 0 Å². The molecule has 5 rings (SSSR count). The number of benzene rings is 1. The number of ether oxygens (including phenoxy) is 1. The Hall–Kier alpha value is -2.91. The van der Waals surface area contributed by atoms with Crippen LogP contribution < -0.4 is 10.5 Å². The predicted octanol–water partition coefficient (Wildman–Crippen LogP) is 5.15. The molecule has 2 N–H and O–H groups in total. The van der Waals surface area contributed by atoms with Crippen molar-refractivity contribution in [2.24, 2.45) is 11.7 Å². The number of hydrogen-bond acceptors (Lipinski definition) is 6. The van der Waals surface area contributed by atoms with Crippen molar-refractivity contribution < 1.29 is 23.1 Å². The molecular formula is C31H44F2N4O3. The van der Waals surface area contributed by atoms with E-state index in [2.05, 4.69) is 15.6 Å². The molecule has 1 amide bonds. The summed E-state index contributed by atoms with van der Waals surface area (Å²) in [5.41, 5.74) is 8.88. The molecule has 7 nitrogen and oxygen atoms in total. The Bertz CT molecular complexity index is 1120. The van der Waals surface area contributed by atoms with Gasteiger partial charge in [-0.2, -0.15) is 0 Å². The van der Waals surface area contributed by atoms with Crippen LogP contribution in [0.1, 0.15) is 83.0 Å². The minimum atomic E-state index is -2.83. The Morgan fingerprint density at radius 1 is 1.10 bits per heavy atom. The minimum absolute atomic E-state index is 0.00120. The summed E-state index contributed by atoms with van der Waals surface area (Å²) in [4.78, 5) is 30.8. The van der Waals surface area contributed by atoms with Crippen LogP contribution >= 0.6 is 0 Å². The van der Waals surface area contributed by atoms with Crippen molar-refractivity contribution in [2.75, 3.05) is 40.3 Å². The van der Waals surface area contributed by atoms with Gasteiger partial charge in [0.15, 0.2) is 6.61 Å². The molecule has 2 aliphatic heterocycles. The van der Waals surface area contributed by atoms with Crippen LogP contribution in [-0.4, -0.2) is 73.2 Å². The number of hydrogen-bond donors (Lipinski definition) is 1. The van der Waals surface area contributed by atoms with Crippen molar-refractivity contribution in [2.45, 2.75) is 70.8 Å². The van der Waals surface area contributed by atoms with Gasteiger partial charge < -0.3 is 20.3 Å². The SMILES string of the molecule is CC(F)(F)COc1ccc2c(n1)CCN(CCC1CCCCC1)CC2.CN.CN1Cc2c(C=O)cccc2C1=O. The van der Waals surface area contributed by atoms with Gasteiger partial charge in [0.05, 0.1) is 0 Å². The van der Waals surface area contributed by atoms with Crippen LogP contribution in [0.4, 0.5) is 8.78 Å². The maximum Gasteiger partial charge on any atom is 0.278 e. The number of nitrogens with two attached hydrogens (primary N) is 1. The quantitative estimate of drug-likeness (QED) is 0.473. The highest BCUT2D eigenvalue weighted by Gasteiger charge is 2.26. The Morgan fingerprint density at radius 2 is 1.82 bits per heavy atom. The first-order valence-corrected chi connectivity index (χ1v) is 14.4. The largest absolute Gasteiger partial charge is 0.471 e. The van der Waals surface area contributed by atoms with Gasteiger partial charge in [0.2, 0.25) is 5.88 Å². The van der Waals surface area contributed by atoms with E-state index in [9.17, 15) is 18.4 Å². The van der Waals surface area contributed by atoms with Gasteiger partial charge in [-0.15, -0.1) is 0 Å². The summed E-state index contributed by atoms with van der Waals surface area (Å²) in [7, 11) is 3.23. The van der Waals surface area contributed by atoms with E-state index >= 15 is 0 Å². The van der Waals surface area contributed by atoms with Gasteiger partial charge in [-0.1, -0.05) is 50.3 Å². The smallest absolute Gasteiger partial charge is 0.278 e. The van der Waals surface area contributed by atoms with E-state index in [1.165, 1.54) is 57.7 Å². The first-order chi connectivity index (χ1) is 19.2. The highest BCUT2D eigenvalue weighted by atomic mass is 19.3. The summed E-state index contributed by atoms with van der Waals surface area (Å²) < 4.78 is 31.0. The van der Waals surface area contributed by atoms with E-state index in [1.807, 2.05) is 6.07 Å².